The number of ether oxygens (including phenoxy) is 1. The zero-order valence-electron chi connectivity index (χ0n) is 11.9. The third-order valence-electron chi connectivity index (χ3n) is 3.24. The molecule has 1 aliphatic rings. The summed E-state index contributed by atoms with van der Waals surface area (Å²) < 4.78 is 5.20. The van der Waals surface area contributed by atoms with Gasteiger partial charge in [0.05, 0.1) is 19.8 Å². The van der Waals surface area contributed by atoms with Crippen LogP contribution in [0, 0.1) is 0 Å². The number of benzene rings is 1. The van der Waals surface area contributed by atoms with Crippen LogP contribution < -0.4 is 16.0 Å². The molecular formula is C15H21N3O3. The van der Waals surface area contributed by atoms with Gasteiger partial charge in [-0.1, -0.05) is 30.3 Å². The maximum atomic E-state index is 11.8. The Morgan fingerprint density at radius 3 is 2.76 bits per heavy atom. The van der Waals surface area contributed by atoms with Crippen molar-refractivity contribution in [1.82, 2.24) is 16.0 Å². The molecule has 0 spiro atoms. The van der Waals surface area contributed by atoms with Gasteiger partial charge in [-0.15, -0.1) is 0 Å². The van der Waals surface area contributed by atoms with Crippen molar-refractivity contribution in [2.45, 2.75) is 12.5 Å². The van der Waals surface area contributed by atoms with Crippen molar-refractivity contribution in [1.29, 1.82) is 0 Å². The molecule has 0 aromatic heterocycles. The monoisotopic (exact) mass is 291 g/mol. The van der Waals surface area contributed by atoms with Crippen molar-refractivity contribution in [3.63, 3.8) is 0 Å². The second kappa shape index (κ2) is 8.39. The number of hydrogen-bond acceptors (Lipinski definition) is 4. The Morgan fingerprint density at radius 2 is 2.05 bits per heavy atom. The van der Waals surface area contributed by atoms with Crippen LogP contribution in [-0.4, -0.2) is 50.7 Å². The molecule has 0 radical (unpaired) electrons. The number of amides is 2. The summed E-state index contributed by atoms with van der Waals surface area (Å²) in [5.74, 6) is -0.385. The van der Waals surface area contributed by atoms with Crippen LogP contribution in [0.5, 0.6) is 0 Å². The van der Waals surface area contributed by atoms with Crippen molar-refractivity contribution < 1.29 is 14.3 Å². The number of rotatable bonds is 6. The highest BCUT2D eigenvalue weighted by Crippen LogP contribution is 1.98. The smallest absolute Gasteiger partial charge is 0.239 e. The quantitative estimate of drug-likeness (QED) is 0.657. The van der Waals surface area contributed by atoms with Gasteiger partial charge in [0.15, 0.2) is 0 Å². The molecule has 1 aromatic rings. The van der Waals surface area contributed by atoms with Gasteiger partial charge in [0.25, 0.3) is 0 Å². The molecule has 1 fully saturated rings. The van der Waals surface area contributed by atoms with Gasteiger partial charge in [-0.2, -0.15) is 0 Å². The fourth-order valence-corrected chi connectivity index (χ4v) is 2.08. The molecular weight excluding hydrogens is 270 g/mol. The number of carbonyl (C=O) groups excluding carboxylic acids is 2. The Morgan fingerprint density at radius 1 is 1.24 bits per heavy atom. The molecule has 1 aliphatic heterocycles. The topological polar surface area (TPSA) is 79.5 Å². The summed E-state index contributed by atoms with van der Waals surface area (Å²) in [6.07, 6.45) is 0.776. The molecule has 1 saturated heterocycles. The fourth-order valence-electron chi connectivity index (χ4n) is 2.08. The van der Waals surface area contributed by atoms with E-state index in [1.165, 1.54) is 5.56 Å². The first kappa shape index (κ1) is 15.5. The highest BCUT2D eigenvalue weighted by Gasteiger charge is 2.21. The summed E-state index contributed by atoms with van der Waals surface area (Å²) in [7, 11) is 0. The lowest BCUT2D eigenvalue weighted by atomic mass is 10.1. The van der Waals surface area contributed by atoms with Crippen molar-refractivity contribution in [3.8, 4) is 0 Å². The molecule has 0 bridgehead atoms. The highest BCUT2D eigenvalue weighted by atomic mass is 16.5. The standard InChI is InChI=1S/C15H21N3O3/c19-14(17-7-6-12-4-2-1-3-5-12)10-18-15(20)13-11-21-9-8-16-13/h1-5,13,16H,6-11H2,(H,17,19)(H,18,20). The molecule has 6 nitrogen and oxygen atoms in total. The van der Waals surface area contributed by atoms with E-state index in [4.69, 9.17) is 4.74 Å². The lowest BCUT2D eigenvalue weighted by Gasteiger charge is -2.22. The molecule has 1 atom stereocenters. The zero-order valence-corrected chi connectivity index (χ0v) is 11.9. The minimum atomic E-state index is -0.365. The normalized spacial score (nSPS) is 18.0. The van der Waals surface area contributed by atoms with Crippen molar-refractivity contribution in [2.24, 2.45) is 0 Å². The van der Waals surface area contributed by atoms with E-state index in [0.29, 0.717) is 26.3 Å². The van der Waals surface area contributed by atoms with E-state index in [2.05, 4.69) is 16.0 Å². The third-order valence-corrected chi connectivity index (χ3v) is 3.24. The average Bonchev–Trinajstić information content (AvgIpc) is 2.54. The highest BCUT2D eigenvalue weighted by molar-refractivity contribution is 5.87. The van der Waals surface area contributed by atoms with E-state index in [9.17, 15) is 9.59 Å². The Kier molecular flexibility index (Phi) is 6.18. The van der Waals surface area contributed by atoms with Crippen LogP contribution in [0.4, 0.5) is 0 Å². The molecule has 2 rings (SSSR count). The summed E-state index contributed by atoms with van der Waals surface area (Å²) >= 11 is 0. The minimum absolute atomic E-state index is 0.00813. The Bertz CT molecular complexity index is 458. The minimum Gasteiger partial charge on any atom is -0.378 e. The lowest BCUT2D eigenvalue weighted by Crippen LogP contribution is -2.52. The lowest BCUT2D eigenvalue weighted by molar-refractivity contribution is -0.129. The number of nitrogens with one attached hydrogen (secondary N) is 3. The van der Waals surface area contributed by atoms with E-state index < -0.39 is 0 Å². The second-order valence-electron chi connectivity index (χ2n) is 4.88. The van der Waals surface area contributed by atoms with Crippen LogP contribution in [0.2, 0.25) is 0 Å². The molecule has 6 heteroatoms. The largest absolute Gasteiger partial charge is 0.378 e. The summed E-state index contributed by atoms with van der Waals surface area (Å²) in [6, 6.07) is 9.56. The van der Waals surface area contributed by atoms with Crippen molar-refractivity contribution in [2.75, 3.05) is 32.8 Å². The fraction of sp³-hybridized carbons (Fsp3) is 0.467. The van der Waals surface area contributed by atoms with E-state index in [1.807, 2.05) is 30.3 Å². The summed E-state index contributed by atoms with van der Waals surface area (Å²) in [4.78, 5) is 23.4. The predicted molar refractivity (Wildman–Crippen MR) is 78.8 cm³/mol. The van der Waals surface area contributed by atoms with E-state index in [-0.39, 0.29) is 24.4 Å². The Labute approximate surface area is 124 Å². The SMILES string of the molecule is O=C(CNC(=O)C1COCCN1)NCCc1ccccc1. The van der Waals surface area contributed by atoms with Crippen LogP contribution >= 0.6 is 0 Å². The van der Waals surface area contributed by atoms with Gasteiger partial charge >= 0.3 is 0 Å². The second-order valence-corrected chi connectivity index (χ2v) is 4.88. The summed E-state index contributed by atoms with van der Waals surface area (Å²) in [5.41, 5.74) is 1.17. The van der Waals surface area contributed by atoms with Crippen molar-refractivity contribution >= 4 is 11.8 Å². The first-order chi connectivity index (χ1) is 10.3. The van der Waals surface area contributed by atoms with Crippen LogP contribution in [0.15, 0.2) is 30.3 Å². The molecule has 114 valence electrons. The van der Waals surface area contributed by atoms with Crippen LogP contribution in [0.3, 0.4) is 0 Å². The van der Waals surface area contributed by atoms with Gasteiger partial charge in [0, 0.05) is 13.1 Å². The Hall–Kier alpha value is -1.92. The van der Waals surface area contributed by atoms with Crippen LogP contribution in [0.1, 0.15) is 5.56 Å². The van der Waals surface area contributed by atoms with E-state index >= 15 is 0 Å². The summed E-state index contributed by atoms with van der Waals surface area (Å²) in [6.45, 7) is 2.17. The summed E-state index contributed by atoms with van der Waals surface area (Å²) in [5, 5.41) is 8.43. The predicted octanol–water partition coefficient (Wildman–Crippen LogP) is -0.550. The van der Waals surface area contributed by atoms with Crippen LogP contribution in [-0.2, 0) is 20.7 Å². The molecule has 1 unspecified atom stereocenters. The maximum absolute atomic E-state index is 11.8. The van der Waals surface area contributed by atoms with Gasteiger partial charge in [-0.25, -0.2) is 0 Å². The number of morpholine rings is 1. The number of carbonyl (C=O) groups is 2. The first-order valence-electron chi connectivity index (χ1n) is 7.15. The molecule has 2 amide bonds. The molecule has 0 saturated carbocycles. The van der Waals surface area contributed by atoms with Gasteiger partial charge in [0.2, 0.25) is 11.8 Å². The first-order valence-corrected chi connectivity index (χ1v) is 7.15. The molecule has 3 N–H and O–H groups in total. The average molecular weight is 291 g/mol. The Balaban J connectivity index is 1.60. The van der Waals surface area contributed by atoms with Gasteiger partial charge in [0.1, 0.15) is 6.04 Å². The van der Waals surface area contributed by atoms with Gasteiger partial charge < -0.3 is 20.7 Å². The van der Waals surface area contributed by atoms with Crippen molar-refractivity contribution in [3.05, 3.63) is 35.9 Å². The number of hydrogen-bond donors (Lipinski definition) is 3. The zero-order chi connectivity index (χ0) is 14.9. The molecule has 0 aliphatic carbocycles. The third kappa shape index (κ3) is 5.53. The van der Waals surface area contributed by atoms with Gasteiger partial charge in [-0.05, 0) is 12.0 Å². The van der Waals surface area contributed by atoms with Crippen LogP contribution in [0.25, 0.3) is 0 Å². The molecule has 21 heavy (non-hydrogen) atoms. The maximum Gasteiger partial charge on any atom is 0.239 e. The molecule has 1 heterocycles. The van der Waals surface area contributed by atoms with Gasteiger partial charge in [-0.3, -0.25) is 9.59 Å². The van der Waals surface area contributed by atoms with E-state index in [0.717, 1.165) is 6.42 Å². The molecule has 1 aromatic carbocycles. The van der Waals surface area contributed by atoms with E-state index in [1.54, 1.807) is 0 Å².